The predicted molar refractivity (Wildman–Crippen MR) is 107 cm³/mol. The van der Waals surface area contributed by atoms with E-state index in [2.05, 4.69) is 4.72 Å². The van der Waals surface area contributed by atoms with Gasteiger partial charge in [-0.3, -0.25) is 9.36 Å². The molecule has 8 nitrogen and oxygen atoms in total. The van der Waals surface area contributed by atoms with E-state index in [0.29, 0.717) is 18.6 Å². The number of amides is 1. The topological polar surface area (TPSA) is 102 Å². The largest absolute Gasteiger partial charge is 0.420 e. The van der Waals surface area contributed by atoms with Crippen molar-refractivity contribution in [3.63, 3.8) is 0 Å². The molecule has 0 bridgehead atoms. The number of hydrogen-bond donors (Lipinski definition) is 1. The van der Waals surface area contributed by atoms with Crippen LogP contribution in [0.3, 0.4) is 0 Å². The molecule has 1 amide bonds. The summed E-state index contributed by atoms with van der Waals surface area (Å²) in [5.74, 6) is -0.826. The summed E-state index contributed by atoms with van der Waals surface area (Å²) >= 11 is 0. The van der Waals surface area contributed by atoms with Gasteiger partial charge in [0, 0.05) is 25.7 Å². The predicted octanol–water partition coefficient (Wildman–Crippen LogP) is 1.70. The molecule has 152 valence electrons. The highest BCUT2D eigenvalue weighted by Gasteiger charge is 2.22. The van der Waals surface area contributed by atoms with E-state index in [-0.39, 0.29) is 29.5 Å². The number of oxazole rings is 1. The second-order valence-electron chi connectivity index (χ2n) is 6.98. The number of rotatable bonds is 6. The van der Waals surface area contributed by atoms with Crippen molar-refractivity contribution in [1.29, 1.82) is 0 Å². The number of fused-ring (bicyclic) bond motifs is 1. The van der Waals surface area contributed by atoms with Crippen molar-refractivity contribution in [1.82, 2.24) is 14.2 Å². The first-order valence-electron chi connectivity index (χ1n) is 9.39. The average molecular weight is 415 g/mol. The highest BCUT2D eigenvalue weighted by atomic mass is 32.2. The Morgan fingerprint density at radius 1 is 1.07 bits per heavy atom. The minimum Gasteiger partial charge on any atom is -0.408 e. The first kappa shape index (κ1) is 19.4. The molecule has 2 aromatic carbocycles. The zero-order chi connectivity index (χ0) is 20.4. The third kappa shape index (κ3) is 4.10. The highest BCUT2D eigenvalue weighted by molar-refractivity contribution is 7.89. The van der Waals surface area contributed by atoms with Crippen LogP contribution in [0.2, 0.25) is 0 Å². The molecule has 1 aliphatic rings. The third-order valence-corrected chi connectivity index (χ3v) is 6.41. The number of nitrogens with zero attached hydrogens (tertiary/aromatic N) is 2. The Morgan fingerprint density at radius 2 is 1.79 bits per heavy atom. The Kier molecular flexibility index (Phi) is 5.25. The summed E-state index contributed by atoms with van der Waals surface area (Å²) < 4.78 is 34.2. The molecule has 0 aliphatic carbocycles. The second kappa shape index (κ2) is 7.84. The number of likely N-dealkylation sites (tertiary alicyclic amines) is 1. The first-order chi connectivity index (χ1) is 13.9. The van der Waals surface area contributed by atoms with E-state index in [1.807, 2.05) is 30.3 Å². The van der Waals surface area contributed by atoms with Crippen LogP contribution in [0.5, 0.6) is 0 Å². The van der Waals surface area contributed by atoms with Crippen LogP contribution in [-0.4, -0.2) is 36.9 Å². The molecule has 2 heterocycles. The maximum atomic E-state index is 12.6. The molecule has 3 aromatic rings. The van der Waals surface area contributed by atoms with Gasteiger partial charge >= 0.3 is 5.76 Å². The van der Waals surface area contributed by atoms with Crippen molar-refractivity contribution < 1.29 is 17.6 Å². The van der Waals surface area contributed by atoms with Crippen LogP contribution in [0.4, 0.5) is 0 Å². The number of carbonyl (C=O) groups is 1. The lowest BCUT2D eigenvalue weighted by Gasteiger charge is -2.15. The van der Waals surface area contributed by atoms with Crippen LogP contribution in [0.25, 0.3) is 11.1 Å². The number of aromatic nitrogens is 1. The van der Waals surface area contributed by atoms with Gasteiger partial charge in [0.05, 0.1) is 10.4 Å². The maximum Gasteiger partial charge on any atom is 0.420 e. The van der Waals surface area contributed by atoms with E-state index in [1.165, 1.54) is 22.8 Å². The summed E-state index contributed by atoms with van der Waals surface area (Å²) in [6, 6.07) is 13.4. The van der Waals surface area contributed by atoms with Crippen LogP contribution >= 0.6 is 0 Å². The Bertz CT molecular complexity index is 1190. The van der Waals surface area contributed by atoms with Gasteiger partial charge in [0.15, 0.2) is 5.58 Å². The fraction of sp³-hybridized carbons (Fsp3) is 0.300. The normalized spacial score (nSPS) is 14.6. The summed E-state index contributed by atoms with van der Waals surface area (Å²) in [7, 11) is -3.79. The van der Waals surface area contributed by atoms with Gasteiger partial charge in [0.2, 0.25) is 15.9 Å². The summed E-state index contributed by atoms with van der Waals surface area (Å²) in [5, 5.41) is 0. The van der Waals surface area contributed by atoms with Crippen LogP contribution in [0.1, 0.15) is 18.4 Å². The minimum atomic E-state index is -3.79. The first-order valence-corrected chi connectivity index (χ1v) is 10.9. The van der Waals surface area contributed by atoms with E-state index in [1.54, 1.807) is 4.90 Å². The Morgan fingerprint density at radius 3 is 2.52 bits per heavy atom. The quantitative estimate of drug-likeness (QED) is 0.660. The van der Waals surface area contributed by atoms with Gasteiger partial charge in [-0.1, -0.05) is 30.3 Å². The molecule has 1 fully saturated rings. The fourth-order valence-corrected chi connectivity index (χ4v) is 4.46. The zero-order valence-electron chi connectivity index (χ0n) is 15.7. The number of carbonyl (C=O) groups excluding carboxylic acids is 1. The van der Waals surface area contributed by atoms with E-state index in [4.69, 9.17) is 4.42 Å². The van der Waals surface area contributed by atoms with Crippen molar-refractivity contribution in [2.24, 2.45) is 0 Å². The SMILES string of the molecule is O=C(Cn1c(=O)oc2cc(S(=O)(=O)NCc3ccccc3)ccc21)N1CCCC1. The summed E-state index contributed by atoms with van der Waals surface area (Å²) in [6.45, 7) is 1.42. The second-order valence-corrected chi connectivity index (χ2v) is 8.75. The van der Waals surface area contributed by atoms with Crippen molar-refractivity contribution >= 4 is 27.0 Å². The lowest BCUT2D eigenvalue weighted by atomic mass is 10.2. The molecule has 1 aromatic heterocycles. The average Bonchev–Trinajstić information content (AvgIpc) is 3.35. The standard InChI is InChI=1S/C20H21N3O5S/c24-19(22-10-4-5-11-22)14-23-17-9-8-16(12-18(17)28-20(23)25)29(26,27)21-13-15-6-2-1-3-7-15/h1-3,6-9,12,21H,4-5,10-11,13-14H2. The summed E-state index contributed by atoms with van der Waals surface area (Å²) in [6.07, 6.45) is 1.92. The van der Waals surface area contributed by atoms with E-state index >= 15 is 0 Å². The van der Waals surface area contributed by atoms with Crippen molar-refractivity contribution in [2.45, 2.75) is 30.8 Å². The van der Waals surface area contributed by atoms with Crippen LogP contribution in [-0.2, 0) is 27.9 Å². The van der Waals surface area contributed by atoms with Gasteiger partial charge in [-0.25, -0.2) is 17.9 Å². The molecular formula is C20H21N3O5S. The molecule has 4 rings (SSSR count). The van der Waals surface area contributed by atoms with Crippen LogP contribution in [0, 0.1) is 0 Å². The highest BCUT2D eigenvalue weighted by Crippen LogP contribution is 2.19. The summed E-state index contributed by atoms with van der Waals surface area (Å²) in [4.78, 5) is 26.3. The van der Waals surface area contributed by atoms with Gasteiger partial charge in [-0.05, 0) is 30.5 Å². The number of nitrogens with one attached hydrogen (secondary N) is 1. The molecule has 0 atom stereocenters. The Hall–Kier alpha value is -2.91. The van der Waals surface area contributed by atoms with Crippen molar-refractivity contribution in [2.75, 3.05) is 13.1 Å². The van der Waals surface area contributed by atoms with Gasteiger partial charge < -0.3 is 9.32 Å². The minimum absolute atomic E-state index is 0.00676. The van der Waals surface area contributed by atoms with Gasteiger partial charge in [-0.2, -0.15) is 0 Å². The molecule has 0 spiro atoms. The smallest absolute Gasteiger partial charge is 0.408 e. The zero-order valence-corrected chi connectivity index (χ0v) is 16.5. The van der Waals surface area contributed by atoms with Crippen LogP contribution < -0.4 is 10.5 Å². The Balaban J connectivity index is 1.56. The van der Waals surface area contributed by atoms with Crippen LogP contribution in [0.15, 0.2) is 62.6 Å². The molecule has 0 radical (unpaired) electrons. The van der Waals surface area contributed by atoms with Gasteiger partial charge in [-0.15, -0.1) is 0 Å². The molecule has 0 saturated carbocycles. The maximum absolute atomic E-state index is 12.6. The molecule has 1 saturated heterocycles. The molecule has 29 heavy (non-hydrogen) atoms. The molecule has 1 N–H and O–H groups in total. The monoisotopic (exact) mass is 415 g/mol. The fourth-order valence-electron chi connectivity index (χ4n) is 3.42. The summed E-state index contributed by atoms with van der Waals surface area (Å²) in [5.41, 5.74) is 1.35. The lowest BCUT2D eigenvalue weighted by Crippen LogP contribution is -2.33. The van der Waals surface area contributed by atoms with Gasteiger partial charge in [0.25, 0.3) is 0 Å². The Labute approximate surface area is 167 Å². The lowest BCUT2D eigenvalue weighted by molar-refractivity contribution is -0.130. The van der Waals surface area contributed by atoms with E-state index in [9.17, 15) is 18.0 Å². The third-order valence-electron chi connectivity index (χ3n) is 5.01. The number of benzene rings is 2. The van der Waals surface area contributed by atoms with Gasteiger partial charge in [0.1, 0.15) is 6.54 Å². The molecular weight excluding hydrogens is 394 g/mol. The van der Waals surface area contributed by atoms with Crippen molar-refractivity contribution in [3.05, 3.63) is 64.6 Å². The number of hydrogen-bond acceptors (Lipinski definition) is 5. The molecule has 0 unspecified atom stereocenters. The van der Waals surface area contributed by atoms with Crippen molar-refractivity contribution in [3.8, 4) is 0 Å². The van der Waals surface area contributed by atoms with E-state index in [0.717, 1.165) is 18.4 Å². The molecule has 9 heteroatoms. The number of sulfonamides is 1. The van der Waals surface area contributed by atoms with E-state index < -0.39 is 15.8 Å². The molecule has 1 aliphatic heterocycles.